The van der Waals surface area contributed by atoms with Gasteiger partial charge < -0.3 is 14.8 Å². The van der Waals surface area contributed by atoms with Gasteiger partial charge in [0.05, 0.1) is 0 Å². The van der Waals surface area contributed by atoms with Crippen molar-refractivity contribution in [1.29, 1.82) is 0 Å². The van der Waals surface area contributed by atoms with Gasteiger partial charge in [-0.15, -0.1) is 10.2 Å². The summed E-state index contributed by atoms with van der Waals surface area (Å²) >= 11 is 0. The number of carbonyl (C=O) groups is 2. The van der Waals surface area contributed by atoms with Crippen molar-refractivity contribution in [2.75, 3.05) is 0 Å². The van der Waals surface area contributed by atoms with Crippen LogP contribution in [0, 0.1) is 0 Å². The van der Waals surface area contributed by atoms with Gasteiger partial charge in [-0.25, -0.2) is 0 Å². The summed E-state index contributed by atoms with van der Waals surface area (Å²) in [7, 11) is 0. The number of hydrogen-bond donors (Lipinski definition) is 2. The van der Waals surface area contributed by atoms with Gasteiger partial charge in [-0.1, -0.05) is 86.6 Å². The smallest absolute Gasteiger partial charge is 0.303 e. The van der Waals surface area contributed by atoms with Crippen LogP contribution in [0.15, 0.2) is 89.3 Å². The average Bonchev–Trinajstić information content (AvgIpc) is 3.39. The van der Waals surface area contributed by atoms with Gasteiger partial charge in [-0.2, -0.15) is 0 Å². The van der Waals surface area contributed by atoms with Crippen LogP contribution in [0.25, 0.3) is 11.1 Å². The topological polar surface area (TPSA) is 105 Å². The minimum atomic E-state index is -0.967. The number of nitrogens with one attached hydrogen (secondary N) is 1. The molecule has 184 valence electrons. The van der Waals surface area contributed by atoms with Gasteiger partial charge in [-0.3, -0.25) is 9.59 Å². The van der Waals surface area contributed by atoms with Gasteiger partial charge >= 0.3 is 5.97 Å². The summed E-state index contributed by atoms with van der Waals surface area (Å²) in [6.45, 7) is 4.02. The molecule has 0 bridgehead atoms. The number of hydrogen-bond acceptors (Lipinski definition) is 5. The molecule has 1 atom stereocenters. The highest BCUT2D eigenvalue weighted by atomic mass is 16.4. The summed E-state index contributed by atoms with van der Waals surface area (Å²) in [6, 6.07) is 26.4. The molecule has 1 amide bonds. The molecule has 4 aromatic rings. The lowest BCUT2D eigenvalue weighted by molar-refractivity contribution is -0.137. The summed E-state index contributed by atoms with van der Waals surface area (Å²) in [5, 5.41) is 20.5. The first kappa shape index (κ1) is 24.9. The number of aromatic nitrogens is 2. The predicted molar refractivity (Wildman–Crippen MR) is 136 cm³/mol. The van der Waals surface area contributed by atoms with Crippen LogP contribution in [0.4, 0.5) is 0 Å². The predicted octanol–water partition coefficient (Wildman–Crippen LogP) is 5.59. The van der Waals surface area contributed by atoms with Crippen molar-refractivity contribution >= 4 is 11.9 Å². The van der Waals surface area contributed by atoms with E-state index in [2.05, 4.69) is 15.5 Å². The molecule has 0 saturated heterocycles. The number of nitrogens with zero attached hydrogens (tertiary/aromatic N) is 2. The third-order valence-corrected chi connectivity index (χ3v) is 6.01. The fraction of sp³-hybridized carbons (Fsp3) is 0.241. The van der Waals surface area contributed by atoms with E-state index in [0.717, 1.165) is 16.7 Å². The molecule has 7 nitrogen and oxygen atoms in total. The number of aliphatic carboxylic acids is 1. The summed E-state index contributed by atoms with van der Waals surface area (Å²) in [5.74, 6) is -0.677. The molecule has 0 aliphatic rings. The van der Waals surface area contributed by atoms with Gasteiger partial charge in [0.15, 0.2) is 0 Å². The van der Waals surface area contributed by atoms with Gasteiger partial charge in [-0.05, 0) is 41.7 Å². The fourth-order valence-electron chi connectivity index (χ4n) is 4.04. The second kappa shape index (κ2) is 11.0. The van der Waals surface area contributed by atoms with Crippen molar-refractivity contribution in [2.24, 2.45) is 0 Å². The van der Waals surface area contributed by atoms with E-state index in [4.69, 9.17) is 4.42 Å². The first-order chi connectivity index (χ1) is 17.3. The van der Waals surface area contributed by atoms with Gasteiger partial charge in [0, 0.05) is 17.4 Å². The van der Waals surface area contributed by atoms with E-state index in [9.17, 15) is 14.7 Å². The number of benzene rings is 3. The molecule has 0 radical (unpaired) electrons. The standard InChI is InChI=1S/C29H29N3O4/c1-29(2,19-20-9-5-3-6-10-20)28-32-31-27(36-28)24(17-18-25(33)34)30-26(35)23-15-13-22(14-16-23)21-11-7-4-8-12-21/h3-16,24H,17-19H2,1-2H3,(H,30,35)(H,33,34)/t24-/m0/s1. The van der Waals surface area contributed by atoms with E-state index in [1.54, 1.807) is 12.1 Å². The summed E-state index contributed by atoms with van der Waals surface area (Å²) in [5.41, 5.74) is 3.20. The normalized spacial score (nSPS) is 12.2. The maximum absolute atomic E-state index is 13.0. The molecule has 0 saturated carbocycles. The van der Waals surface area contributed by atoms with Gasteiger partial charge in [0.25, 0.3) is 5.91 Å². The molecule has 0 aliphatic carbocycles. The Morgan fingerprint density at radius 2 is 1.50 bits per heavy atom. The number of rotatable bonds is 10. The fourth-order valence-corrected chi connectivity index (χ4v) is 4.04. The number of carbonyl (C=O) groups excluding carboxylic acids is 1. The van der Waals surface area contributed by atoms with E-state index in [-0.39, 0.29) is 24.6 Å². The minimum absolute atomic E-state index is 0.129. The van der Waals surface area contributed by atoms with Crippen LogP contribution >= 0.6 is 0 Å². The molecule has 1 heterocycles. The van der Waals surface area contributed by atoms with Crippen LogP contribution in [0.3, 0.4) is 0 Å². The molecular formula is C29H29N3O4. The number of amides is 1. The van der Waals surface area contributed by atoms with Crippen molar-refractivity contribution in [2.45, 2.75) is 44.6 Å². The average molecular weight is 484 g/mol. The van der Waals surface area contributed by atoms with Crippen LogP contribution in [-0.2, 0) is 16.6 Å². The molecule has 4 rings (SSSR count). The lowest BCUT2D eigenvalue weighted by atomic mass is 9.86. The van der Waals surface area contributed by atoms with E-state index in [1.807, 2.05) is 86.6 Å². The Kier molecular flexibility index (Phi) is 7.59. The Morgan fingerprint density at radius 3 is 2.14 bits per heavy atom. The number of carboxylic acids is 1. The molecule has 0 aliphatic heterocycles. The summed E-state index contributed by atoms with van der Waals surface area (Å²) < 4.78 is 6.00. The molecule has 0 fully saturated rings. The van der Waals surface area contributed by atoms with E-state index in [1.165, 1.54) is 0 Å². The number of carboxylic acid groups (broad SMARTS) is 1. The van der Waals surface area contributed by atoms with Crippen LogP contribution in [-0.4, -0.2) is 27.2 Å². The molecule has 0 spiro atoms. The highest BCUT2D eigenvalue weighted by molar-refractivity contribution is 5.94. The summed E-state index contributed by atoms with van der Waals surface area (Å²) in [4.78, 5) is 24.3. The maximum Gasteiger partial charge on any atom is 0.303 e. The lowest BCUT2D eigenvalue weighted by Crippen LogP contribution is -2.29. The second-order valence-electron chi connectivity index (χ2n) is 9.39. The first-order valence-corrected chi connectivity index (χ1v) is 11.9. The van der Waals surface area contributed by atoms with Crippen molar-refractivity contribution in [3.8, 4) is 11.1 Å². The van der Waals surface area contributed by atoms with Crippen LogP contribution in [0.5, 0.6) is 0 Å². The van der Waals surface area contributed by atoms with Gasteiger partial charge in [0.1, 0.15) is 6.04 Å². The minimum Gasteiger partial charge on any atom is -0.481 e. The summed E-state index contributed by atoms with van der Waals surface area (Å²) in [6.07, 6.45) is 0.669. The van der Waals surface area contributed by atoms with Crippen molar-refractivity contribution in [1.82, 2.24) is 15.5 Å². The zero-order valence-electron chi connectivity index (χ0n) is 20.3. The zero-order valence-corrected chi connectivity index (χ0v) is 20.3. The molecule has 1 aromatic heterocycles. The zero-order chi connectivity index (χ0) is 25.5. The Bertz CT molecular complexity index is 1300. The first-order valence-electron chi connectivity index (χ1n) is 11.9. The van der Waals surface area contributed by atoms with Crippen LogP contribution in [0.2, 0.25) is 0 Å². The van der Waals surface area contributed by atoms with E-state index < -0.39 is 17.4 Å². The Balaban J connectivity index is 1.50. The molecule has 7 heteroatoms. The Morgan fingerprint density at radius 1 is 0.889 bits per heavy atom. The monoisotopic (exact) mass is 483 g/mol. The third-order valence-electron chi connectivity index (χ3n) is 6.01. The van der Waals surface area contributed by atoms with E-state index >= 15 is 0 Å². The quantitative estimate of drug-likeness (QED) is 0.304. The molecule has 2 N–H and O–H groups in total. The maximum atomic E-state index is 13.0. The molecule has 3 aromatic carbocycles. The highest BCUT2D eigenvalue weighted by Crippen LogP contribution is 2.29. The van der Waals surface area contributed by atoms with Gasteiger partial charge in [0.2, 0.25) is 11.8 Å². The second-order valence-corrected chi connectivity index (χ2v) is 9.39. The van der Waals surface area contributed by atoms with Crippen molar-refractivity contribution in [3.63, 3.8) is 0 Å². The Labute approximate surface area is 210 Å². The lowest BCUT2D eigenvalue weighted by Gasteiger charge is -2.20. The largest absolute Gasteiger partial charge is 0.481 e. The van der Waals surface area contributed by atoms with Crippen molar-refractivity contribution < 1.29 is 19.1 Å². The molecule has 0 unspecified atom stereocenters. The molecular weight excluding hydrogens is 454 g/mol. The highest BCUT2D eigenvalue weighted by Gasteiger charge is 2.30. The van der Waals surface area contributed by atoms with Crippen LogP contribution < -0.4 is 5.32 Å². The third kappa shape index (κ3) is 6.24. The van der Waals surface area contributed by atoms with Crippen LogP contribution in [0.1, 0.15) is 60.4 Å². The SMILES string of the molecule is CC(C)(Cc1ccccc1)c1nnc([C@H](CCC(=O)O)NC(=O)c2ccc(-c3ccccc3)cc2)o1. The Hall–Kier alpha value is -4.26. The van der Waals surface area contributed by atoms with Crippen molar-refractivity contribution in [3.05, 3.63) is 108 Å². The van der Waals surface area contributed by atoms with E-state index in [0.29, 0.717) is 17.9 Å². The molecule has 36 heavy (non-hydrogen) atoms.